The van der Waals surface area contributed by atoms with Gasteiger partial charge in [0.15, 0.2) is 0 Å². The molecule has 0 radical (unpaired) electrons. The summed E-state index contributed by atoms with van der Waals surface area (Å²) in [5.41, 5.74) is 0.917. The lowest BCUT2D eigenvalue weighted by Crippen LogP contribution is -2.55. The van der Waals surface area contributed by atoms with Crippen LogP contribution in [0.5, 0.6) is 0 Å². The van der Waals surface area contributed by atoms with Gasteiger partial charge in [-0.25, -0.2) is 4.98 Å². The van der Waals surface area contributed by atoms with Gasteiger partial charge in [-0.1, -0.05) is 40.7 Å². The molecule has 0 aromatic carbocycles. The third-order valence-electron chi connectivity index (χ3n) is 4.89. The fourth-order valence-corrected chi connectivity index (χ4v) is 3.33. The highest BCUT2D eigenvalue weighted by Crippen LogP contribution is 2.39. The molecule has 1 aromatic heterocycles. The molecule has 0 fully saturated rings. The van der Waals surface area contributed by atoms with E-state index in [1.54, 1.807) is 18.1 Å². The molecule has 0 spiro atoms. The molecule has 138 valence electrons. The average molecular weight is 346 g/mol. The zero-order valence-corrected chi connectivity index (χ0v) is 16.1. The summed E-state index contributed by atoms with van der Waals surface area (Å²) in [6.07, 6.45) is 2.38. The van der Waals surface area contributed by atoms with Crippen LogP contribution in [0.15, 0.2) is 18.3 Å². The minimum Gasteiger partial charge on any atom is -0.343 e. The predicted molar refractivity (Wildman–Crippen MR) is 99.5 cm³/mol. The SMILES string of the molecule is CCC(NC)C(=O)N[C@H](C(=O)N1CC(C)(C)c2cccnc21)C(C)C. The van der Waals surface area contributed by atoms with E-state index in [9.17, 15) is 9.59 Å². The number of nitrogens with one attached hydrogen (secondary N) is 2. The van der Waals surface area contributed by atoms with Crippen LogP contribution in [0.4, 0.5) is 5.82 Å². The number of aromatic nitrogens is 1. The first-order valence-electron chi connectivity index (χ1n) is 8.97. The topological polar surface area (TPSA) is 74.3 Å². The quantitative estimate of drug-likeness (QED) is 0.824. The van der Waals surface area contributed by atoms with E-state index in [4.69, 9.17) is 0 Å². The van der Waals surface area contributed by atoms with Crippen LogP contribution in [0.25, 0.3) is 0 Å². The Kier molecular flexibility index (Phi) is 5.83. The van der Waals surface area contributed by atoms with Crippen molar-refractivity contribution in [3.05, 3.63) is 23.9 Å². The Hall–Kier alpha value is -1.95. The number of carbonyl (C=O) groups excluding carboxylic acids is 2. The van der Waals surface area contributed by atoms with Crippen LogP contribution < -0.4 is 15.5 Å². The highest BCUT2D eigenvalue weighted by atomic mass is 16.2. The number of nitrogens with zero attached hydrogens (tertiary/aromatic N) is 2. The molecular formula is C19H30N4O2. The number of hydrogen-bond donors (Lipinski definition) is 2. The molecule has 1 aliphatic heterocycles. The van der Waals surface area contributed by atoms with Gasteiger partial charge in [0.25, 0.3) is 5.91 Å². The molecule has 1 unspecified atom stereocenters. The Morgan fingerprint density at radius 1 is 1.36 bits per heavy atom. The third-order valence-corrected chi connectivity index (χ3v) is 4.89. The zero-order chi connectivity index (χ0) is 18.8. The Morgan fingerprint density at radius 2 is 2.04 bits per heavy atom. The zero-order valence-electron chi connectivity index (χ0n) is 16.1. The molecule has 1 aromatic rings. The van der Waals surface area contributed by atoms with Crippen LogP contribution in [0.3, 0.4) is 0 Å². The predicted octanol–water partition coefficient (Wildman–Crippen LogP) is 1.84. The van der Waals surface area contributed by atoms with Crippen molar-refractivity contribution in [2.45, 2.75) is 58.5 Å². The molecule has 2 rings (SSSR count). The van der Waals surface area contributed by atoms with E-state index in [1.165, 1.54) is 0 Å². The molecule has 0 saturated carbocycles. The number of rotatable bonds is 6. The second kappa shape index (κ2) is 7.52. The first-order chi connectivity index (χ1) is 11.7. The summed E-state index contributed by atoms with van der Waals surface area (Å²) < 4.78 is 0. The average Bonchev–Trinajstić information content (AvgIpc) is 2.85. The molecule has 2 amide bonds. The van der Waals surface area contributed by atoms with E-state index in [1.807, 2.05) is 32.9 Å². The van der Waals surface area contributed by atoms with Crippen LogP contribution in [0.1, 0.15) is 46.6 Å². The van der Waals surface area contributed by atoms with Crippen LogP contribution >= 0.6 is 0 Å². The van der Waals surface area contributed by atoms with Gasteiger partial charge in [0.2, 0.25) is 5.91 Å². The largest absolute Gasteiger partial charge is 0.343 e. The summed E-state index contributed by atoms with van der Waals surface area (Å²) in [5.74, 6) is 0.455. The van der Waals surface area contributed by atoms with Gasteiger partial charge >= 0.3 is 0 Å². The van der Waals surface area contributed by atoms with E-state index >= 15 is 0 Å². The minimum atomic E-state index is -0.571. The lowest BCUT2D eigenvalue weighted by molar-refractivity contribution is -0.129. The van der Waals surface area contributed by atoms with E-state index in [2.05, 4.69) is 29.5 Å². The molecule has 6 nitrogen and oxygen atoms in total. The first-order valence-corrected chi connectivity index (χ1v) is 8.97. The minimum absolute atomic E-state index is 0.0123. The molecule has 0 saturated heterocycles. The lowest BCUT2D eigenvalue weighted by atomic mass is 9.88. The number of pyridine rings is 1. The van der Waals surface area contributed by atoms with Crippen molar-refractivity contribution in [3.8, 4) is 0 Å². The monoisotopic (exact) mass is 346 g/mol. The number of fused-ring (bicyclic) bond motifs is 1. The molecule has 2 atom stereocenters. The first kappa shape index (κ1) is 19.4. The summed E-state index contributed by atoms with van der Waals surface area (Å²) in [6.45, 7) is 10.6. The Bertz CT molecular complexity index is 638. The summed E-state index contributed by atoms with van der Waals surface area (Å²) in [5, 5.41) is 5.92. The van der Waals surface area contributed by atoms with Gasteiger partial charge < -0.3 is 10.6 Å². The van der Waals surface area contributed by atoms with Gasteiger partial charge in [0, 0.05) is 23.7 Å². The molecule has 25 heavy (non-hydrogen) atoms. The number of likely N-dealkylation sites (N-methyl/N-ethyl adjacent to an activating group) is 1. The summed E-state index contributed by atoms with van der Waals surface area (Å²) >= 11 is 0. The molecular weight excluding hydrogens is 316 g/mol. The number of amides is 2. The Morgan fingerprint density at radius 3 is 2.60 bits per heavy atom. The van der Waals surface area contributed by atoms with Gasteiger partial charge in [-0.15, -0.1) is 0 Å². The maximum Gasteiger partial charge on any atom is 0.251 e. The van der Waals surface area contributed by atoms with Crippen molar-refractivity contribution in [1.29, 1.82) is 0 Å². The van der Waals surface area contributed by atoms with E-state index in [0.717, 1.165) is 5.56 Å². The second-order valence-corrected chi connectivity index (χ2v) is 7.66. The molecule has 1 aliphatic rings. The van der Waals surface area contributed by atoms with Gasteiger partial charge in [-0.2, -0.15) is 0 Å². The number of anilines is 1. The molecule has 0 bridgehead atoms. The molecule has 0 aliphatic carbocycles. The van der Waals surface area contributed by atoms with Gasteiger partial charge in [0.1, 0.15) is 11.9 Å². The number of hydrogen-bond acceptors (Lipinski definition) is 4. The van der Waals surface area contributed by atoms with Gasteiger partial charge in [0.05, 0.1) is 6.04 Å². The maximum absolute atomic E-state index is 13.2. The van der Waals surface area contributed by atoms with Crippen molar-refractivity contribution in [2.75, 3.05) is 18.5 Å². The molecule has 6 heteroatoms. The van der Waals surface area contributed by atoms with Gasteiger partial charge in [-0.3, -0.25) is 14.5 Å². The highest BCUT2D eigenvalue weighted by molar-refractivity contribution is 6.01. The van der Waals surface area contributed by atoms with Crippen LogP contribution in [0.2, 0.25) is 0 Å². The van der Waals surface area contributed by atoms with Crippen molar-refractivity contribution in [2.24, 2.45) is 5.92 Å². The Balaban J connectivity index is 2.26. The summed E-state index contributed by atoms with van der Waals surface area (Å²) in [4.78, 5) is 31.8. The third kappa shape index (κ3) is 3.84. The van der Waals surface area contributed by atoms with Crippen molar-refractivity contribution in [3.63, 3.8) is 0 Å². The van der Waals surface area contributed by atoms with E-state index < -0.39 is 6.04 Å². The van der Waals surface area contributed by atoms with E-state index in [-0.39, 0.29) is 29.2 Å². The standard InChI is InChI=1S/C19H30N4O2/c1-7-14(20-6)17(24)22-15(12(2)3)18(25)23-11-19(4,5)13-9-8-10-21-16(13)23/h8-10,12,14-15,20H,7,11H2,1-6H3,(H,22,24)/t14?,15-/m0/s1. The Labute approximate surface area is 150 Å². The van der Waals surface area contributed by atoms with Crippen molar-refractivity contribution >= 4 is 17.6 Å². The second-order valence-electron chi connectivity index (χ2n) is 7.66. The van der Waals surface area contributed by atoms with Gasteiger partial charge in [-0.05, 0) is 25.5 Å². The van der Waals surface area contributed by atoms with Crippen LogP contribution in [-0.2, 0) is 15.0 Å². The van der Waals surface area contributed by atoms with Crippen molar-refractivity contribution < 1.29 is 9.59 Å². The smallest absolute Gasteiger partial charge is 0.251 e. The van der Waals surface area contributed by atoms with Crippen molar-refractivity contribution in [1.82, 2.24) is 15.6 Å². The fourth-order valence-electron chi connectivity index (χ4n) is 3.33. The molecule has 2 N–H and O–H groups in total. The number of carbonyl (C=O) groups is 2. The highest BCUT2D eigenvalue weighted by Gasteiger charge is 2.42. The van der Waals surface area contributed by atoms with Crippen LogP contribution in [-0.4, -0.2) is 42.5 Å². The lowest BCUT2D eigenvalue weighted by Gasteiger charge is -2.29. The van der Waals surface area contributed by atoms with Crippen LogP contribution in [0, 0.1) is 5.92 Å². The maximum atomic E-state index is 13.2. The fraction of sp³-hybridized carbons (Fsp3) is 0.632. The van der Waals surface area contributed by atoms with E-state index in [0.29, 0.717) is 18.8 Å². The normalized spacial score (nSPS) is 18.0. The summed E-state index contributed by atoms with van der Waals surface area (Å²) in [7, 11) is 1.75. The summed E-state index contributed by atoms with van der Waals surface area (Å²) in [6, 6.07) is 3.05. The molecule has 2 heterocycles.